The highest BCUT2D eigenvalue weighted by molar-refractivity contribution is 7.36. The Morgan fingerprint density at radius 3 is 2.28 bits per heavy atom. The van der Waals surface area contributed by atoms with E-state index in [9.17, 15) is 0 Å². The van der Waals surface area contributed by atoms with Gasteiger partial charge in [-0.2, -0.15) is 22.7 Å². The van der Waals surface area contributed by atoms with Crippen LogP contribution in [0.4, 0.5) is 11.4 Å². The third-order valence-electron chi connectivity index (χ3n) is 7.74. The topological polar surface area (TPSA) is 12.5 Å². The average molecular weight is 459 g/mol. The highest BCUT2D eigenvalue weighted by Gasteiger charge is 2.48. The van der Waals surface area contributed by atoms with Gasteiger partial charge in [0.05, 0.1) is 5.69 Å². The van der Waals surface area contributed by atoms with Crippen molar-refractivity contribution in [3.63, 3.8) is 0 Å². The van der Waals surface area contributed by atoms with Crippen LogP contribution in [0.15, 0.2) is 12.1 Å². The van der Waals surface area contributed by atoms with E-state index in [0.29, 0.717) is 6.71 Å². The van der Waals surface area contributed by atoms with Crippen LogP contribution in [0.5, 0.6) is 11.5 Å². The molecule has 4 heterocycles. The number of hydrogen-bond donors (Lipinski definition) is 0. The average Bonchev–Trinajstić information content (AvgIpc) is 3.31. The first-order chi connectivity index (χ1) is 15.4. The molecule has 0 amide bonds. The molecule has 0 fully saturated rings. The van der Waals surface area contributed by atoms with Gasteiger partial charge >= 0.3 is 0 Å². The minimum atomic E-state index is 0.0164. The van der Waals surface area contributed by atoms with Gasteiger partial charge in [0.1, 0.15) is 11.5 Å². The number of anilines is 2. The van der Waals surface area contributed by atoms with Gasteiger partial charge in [0.2, 0.25) is 0 Å². The van der Waals surface area contributed by atoms with Crippen molar-refractivity contribution in [1.82, 2.24) is 0 Å². The van der Waals surface area contributed by atoms with Crippen molar-refractivity contribution in [2.45, 2.75) is 84.6 Å². The fourth-order valence-corrected chi connectivity index (χ4v) is 9.50. The van der Waals surface area contributed by atoms with E-state index in [-0.39, 0.29) is 5.54 Å². The van der Waals surface area contributed by atoms with Gasteiger partial charge in [-0.05, 0) is 108 Å². The summed E-state index contributed by atoms with van der Waals surface area (Å²) in [4.78, 5) is 5.91. The Bertz CT molecular complexity index is 1280. The van der Waals surface area contributed by atoms with Crippen molar-refractivity contribution in [2.75, 3.05) is 4.90 Å². The normalized spacial score (nSPS) is 18.4. The Balaban J connectivity index is 1.57. The molecular formula is C27H30BNOS2. The van der Waals surface area contributed by atoms with Crippen molar-refractivity contribution in [1.29, 1.82) is 0 Å². The maximum absolute atomic E-state index is 6.81. The summed E-state index contributed by atoms with van der Waals surface area (Å²) in [6.45, 7) is 9.70. The van der Waals surface area contributed by atoms with E-state index < -0.39 is 0 Å². The first kappa shape index (κ1) is 19.7. The Hall–Kier alpha value is -1.72. The highest BCUT2D eigenvalue weighted by Crippen LogP contribution is 2.48. The minimum Gasteiger partial charge on any atom is -0.457 e. The predicted molar refractivity (Wildman–Crippen MR) is 140 cm³/mol. The molecule has 32 heavy (non-hydrogen) atoms. The van der Waals surface area contributed by atoms with E-state index in [1.807, 2.05) is 0 Å². The number of fused-ring (bicyclic) bond motifs is 8. The van der Waals surface area contributed by atoms with Crippen LogP contribution in [0.25, 0.3) is 0 Å². The van der Waals surface area contributed by atoms with Crippen molar-refractivity contribution >= 4 is 55.8 Å². The molecule has 0 saturated carbocycles. The second-order valence-electron chi connectivity index (χ2n) is 11.1. The maximum Gasteiger partial charge on any atom is 0.281 e. The van der Waals surface area contributed by atoms with Gasteiger partial charge in [0.25, 0.3) is 6.71 Å². The quantitative estimate of drug-likeness (QED) is 0.311. The zero-order chi connectivity index (χ0) is 21.8. The molecule has 0 unspecified atom stereocenters. The Kier molecular flexibility index (Phi) is 4.11. The number of nitrogens with zero attached hydrogens (tertiary/aromatic N) is 1. The lowest BCUT2D eigenvalue weighted by Gasteiger charge is -2.45. The van der Waals surface area contributed by atoms with Gasteiger partial charge in [-0.15, -0.1) is 0 Å². The summed E-state index contributed by atoms with van der Waals surface area (Å²) in [5.41, 5.74) is 8.83. The van der Waals surface area contributed by atoms with Crippen molar-refractivity contribution < 1.29 is 4.74 Å². The van der Waals surface area contributed by atoms with Crippen LogP contribution < -0.4 is 24.7 Å². The minimum absolute atomic E-state index is 0.0164. The summed E-state index contributed by atoms with van der Waals surface area (Å²) >= 11 is 4.18. The molecule has 4 aliphatic rings. The van der Waals surface area contributed by atoms with Gasteiger partial charge in [-0.1, -0.05) is 0 Å². The second kappa shape index (κ2) is 6.67. The molecule has 3 aromatic rings. The molecule has 0 bridgehead atoms. The SMILES string of the molecule is Cc1cc2c3c(c1)N(C(C)(C)C)c1c(sc4c1CCCC4)B3c1sc3c(c1O2)CCCC3. The molecule has 2 aliphatic heterocycles. The highest BCUT2D eigenvalue weighted by atomic mass is 32.1. The lowest BCUT2D eigenvalue weighted by molar-refractivity contribution is 0.477. The van der Waals surface area contributed by atoms with E-state index in [4.69, 9.17) is 4.74 Å². The maximum atomic E-state index is 6.81. The van der Waals surface area contributed by atoms with Gasteiger partial charge in [0.15, 0.2) is 0 Å². The monoisotopic (exact) mass is 459 g/mol. The lowest BCUT2D eigenvalue weighted by atomic mass is 9.39. The number of aryl methyl sites for hydroxylation is 3. The van der Waals surface area contributed by atoms with E-state index >= 15 is 0 Å². The predicted octanol–water partition coefficient (Wildman–Crippen LogP) is 5.75. The van der Waals surface area contributed by atoms with Crippen LogP contribution >= 0.6 is 22.7 Å². The molecular weight excluding hydrogens is 429 g/mol. The third kappa shape index (κ3) is 2.58. The van der Waals surface area contributed by atoms with Crippen molar-refractivity contribution in [3.8, 4) is 11.5 Å². The molecule has 0 saturated heterocycles. The number of thiophene rings is 2. The number of ether oxygens (including phenoxy) is 1. The molecule has 2 aliphatic carbocycles. The molecule has 2 nitrogen and oxygen atoms in total. The zero-order valence-corrected chi connectivity index (χ0v) is 21.2. The number of benzene rings is 1. The van der Waals surface area contributed by atoms with Crippen LogP contribution in [0, 0.1) is 6.92 Å². The van der Waals surface area contributed by atoms with Gasteiger partial charge < -0.3 is 9.64 Å². The smallest absolute Gasteiger partial charge is 0.281 e. The molecule has 1 aromatic carbocycles. The summed E-state index contributed by atoms with van der Waals surface area (Å²) in [5, 5.41) is 0. The van der Waals surface area contributed by atoms with E-state index in [2.05, 4.69) is 67.4 Å². The van der Waals surface area contributed by atoms with E-state index in [1.165, 1.54) is 84.2 Å². The molecule has 7 rings (SSSR count). The van der Waals surface area contributed by atoms with Gasteiger partial charge in [0, 0.05) is 36.1 Å². The first-order valence-corrected chi connectivity index (χ1v) is 14.0. The summed E-state index contributed by atoms with van der Waals surface area (Å²) in [6, 6.07) is 4.72. The molecule has 5 heteroatoms. The standard InChI is InChI=1S/C27H30BNOS2/c1-15-13-18-22-19(14-15)30-24-17-10-6-8-12-21(17)32-26(24)28(22)25-23(29(18)27(2,3)4)16-9-5-7-11-20(16)31-25/h13-14H,5-12H2,1-4H3. The summed E-state index contributed by atoms with van der Waals surface area (Å²) < 4.78 is 9.89. The molecule has 0 atom stereocenters. The molecule has 164 valence electrons. The van der Waals surface area contributed by atoms with E-state index in [0.717, 1.165) is 5.75 Å². The number of rotatable bonds is 0. The summed E-state index contributed by atoms with van der Waals surface area (Å²) in [5.74, 6) is 2.33. The Morgan fingerprint density at radius 1 is 0.875 bits per heavy atom. The van der Waals surface area contributed by atoms with Crippen LogP contribution in [0.2, 0.25) is 0 Å². The third-order valence-corrected chi connectivity index (χ3v) is 10.4. The summed E-state index contributed by atoms with van der Waals surface area (Å²) in [7, 11) is 0. The van der Waals surface area contributed by atoms with Crippen LogP contribution in [-0.2, 0) is 25.7 Å². The lowest BCUT2D eigenvalue weighted by Crippen LogP contribution is -2.60. The van der Waals surface area contributed by atoms with Crippen LogP contribution in [0.3, 0.4) is 0 Å². The molecule has 0 N–H and O–H groups in total. The fraction of sp³-hybridized carbons (Fsp3) is 0.481. The largest absolute Gasteiger partial charge is 0.457 e. The Labute approximate surface area is 199 Å². The number of hydrogen-bond acceptors (Lipinski definition) is 4. The van der Waals surface area contributed by atoms with Crippen LogP contribution in [-0.4, -0.2) is 12.3 Å². The zero-order valence-electron chi connectivity index (χ0n) is 19.6. The van der Waals surface area contributed by atoms with Crippen LogP contribution in [0.1, 0.15) is 72.9 Å². The van der Waals surface area contributed by atoms with E-state index in [1.54, 1.807) is 25.8 Å². The van der Waals surface area contributed by atoms with Crippen molar-refractivity contribution in [3.05, 3.63) is 38.6 Å². The first-order valence-electron chi connectivity index (χ1n) is 12.3. The molecule has 0 radical (unpaired) electrons. The summed E-state index contributed by atoms with van der Waals surface area (Å²) in [6.07, 6.45) is 10.2. The fourth-order valence-electron chi connectivity index (χ4n) is 6.49. The Morgan fingerprint density at radius 2 is 1.53 bits per heavy atom. The molecule has 2 aromatic heterocycles. The molecule has 0 spiro atoms. The second-order valence-corrected chi connectivity index (χ2v) is 13.3. The van der Waals surface area contributed by atoms with Gasteiger partial charge in [-0.25, -0.2) is 0 Å². The van der Waals surface area contributed by atoms with Gasteiger partial charge in [-0.3, -0.25) is 0 Å². The van der Waals surface area contributed by atoms with Crippen molar-refractivity contribution in [2.24, 2.45) is 0 Å².